The lowest BCUT2D eigenvalue weighted by Crippen LogP contribution is -2.33. The maximum Gasteiger partial charge on any atom is 0.407 e. The van der Waals surface area contributed by atoms with E-state index in [4.69, 9.17) is 4.74 Å². The van der Waals surface area contributed by atoms with E-state index >= 15 is 0 Å². The molecule has 0 aliphatic carbocycles. The van der Waals surface area contributed by atoms with E-state index < -0.39 is 11.7 Å². The second-order valence-electron chi connectivity index (χ2n) is 6.05. The van der Waals surface area contributed by atoms with Gasteiger partial charge in [-0.2, -0.15) is 11.8 Å². The highest BCUT2D eigenvalue weighted by molar-refractivity contribution is 7.99. The molecule has 0 heterocycles. The fraction of sp³-hybridized carbons (Fsp3) is 0.500. The largest absolute Gasteiger partial charge is 0.506 e. The Kier molecular flexibility index (Phi) is 7.22. The van der Waals surface area contributed by atoms with E-state index in [1.165, 1.54) is 11.8 Å². The molecule has 23 heavy (non-hydrogen) atoms. The second-order valence-corrected chi connectivity index (χ2v) is 7.16. The molecule has 0 saturated heterocycles. The Bertz CT molecular complexity index is 556. The highest BCUT2D eigenvalue weighted by Crippen LogP contribution is 2.23. The Labute approximate surface area is 141 Å². The van der Waals surface area contributed by atoms with Gasteiger partial charge in [-0.15, -0.1) is 0 Å². The summed E-state index contributed by atoms with van der Waals surface area (Å²) in [4.78, 5) is 23.2. The zero-order chi connectivity index (χ0) is 17.5. The minimum atomic E-state index is -0.521. The zero-order valence-electron chi connectivity index (χ0n) is 13.9. The SMILES string of the molecule is Cc1ccc(O)c(NC(=O)CSCCNC(=O)OC(C)(C)C)c1. The lowest BCUT2D eigenvalue weighted by Gasteiger charge is -2.19. The molecule has 0 atom stereocenters. The van der Waals surface area contributed by atoms with Crippen LogP contribution >= 0.6 is 11.8 Å². The van der Waals surface area contributed by atoms with Gasteiger partial charge in [-0.25, -0.2) is 4.79 Å². The van der Waals surface area contributed by atoms with Crippen molar-refractivity contribution in [2.45, 2.75) is 33.3 Å². The lowest BCUT2D eigenvalue weighted by atomic mass is 10.2. The summed E-state index contributed by atoms with van der Waals surface area (Å²) in [7, 11) is 0. The summed E-state index contributed by atoms with van der Waals surface area (Å²) < 4.78 is 5.10. The van der Waals surface area contributed by atoms with Crippen molar-refractivity contribution < 1.29 is 19.4 Å². The number of carbonyl (C=O) groups is 2. The van der Waals surface area contributed by atoms with Crippen molar-refractivity contribution in [2.75, 3.05) is 23.4 Å². The first-order valence-electron chi connectivity index (χ1n) is 7.31. The molecule has 2 amide bonds. The number of phenolic OH excluding ortho intramolecular Hbond substituents is 1. The fourth-order valence-electron chi connectivity index (χ4n) is 1.64. The predicted octanol–water partition coefficient (Wildman–Crippen LogP) is 2.90. The van der Waals surface area contributed by atoms with Crippen LogP contribution in [-0.4, -0.2) is 40.8 Å². The molecule has 0 spiro atoms. The van der Waals surface area contributed by atoms with E-state index in [0.717, 1.165) is 5.56 Å². The number of hydrogen-bond acceptors (Lipinski definition) is 5. The molecule has 0 saturated carbocycles. The van der Waals surface area contributed by atoms with E-state index in [0.29, 0.717) is 18.0 Å². The first kappa shape index (κ1) is 19.2. The van der Waals surface area contributed by atoms with Gasteiger partial charge in [-0.3, -0.25) is 4.79 Å². The van der Waals surface area contributed by atoms with E-state index in [1.807, 2.05) is 6.92 Å². The number of aromatic hydroxyl groups is 1. The molecule has 6 nitrogen and oxygen atoms in total. The lowest BCUT2D eigenvalue weighted by molar-refractivity contribution is -0.113. The van der Waals surface area contributed by atoms with Crippen molar-refractivity contribution in [2.24, 2.45) is 0 Å². The van der Waals surface area contributed by atoms with Gasteiger partial charge in [0.05, 0.1) is 11.4 Å². The highest BCUT2D eigenvalue weighted by Gasteiger charge is 2.15. The van der Waals surface area contributed by atoms with Crippen LogP contribution in [-0.2, 0) is 9.53 Å². The number of aryl methyl sites for hydroxylation is 1. The van der Waals surface area contributed by atoms with Crippen molar-refractivity contribution in [1.29, 1.82) is 0 Å². The van der Waals surface area contributed by atoms with Gasteiger partial charge in [-0.1, -0.05) is 6.07 Å². The van der Waals surface area contributed by atoms with Crippen LogP contribution in [0.1, 0.15) is 26.3 Å². The maximum absolute atomic E-state index is 11.8. The summed E-state index contributed by atoms with van der Waals surface area (Å²) in [6.45, 7) is 7.69. The first-order valence-corrected chi connectivity index (χ1v) is 8.47. The summed E-state index contributed by atoms with van der Waals surface area (Å²) in [5.41, 5.74) is 0.835. The molecule has 7 heteroatoms. The number of carbonyl (C=O) groups excluding carboxylic acids is 2. The van der Waals surface area contributed by atoms with Gasteiger partial charge >= 0.3 is 6.09 Å². The third-order valence-electron chi connectivity index (χ3n) is 2.57. The van der Waals surface area contributed by atoms with Crippen molar-refractivity contribution in [3.63, 3.8) is 0 Å². The number of rotatable bonds is 6. The molecule has 0 aliphatic heterocycles. The average molecular weight is 340 g/mol. The van der Waals surface area contributed by atoms with Crippen LogP contribution in [0.25, 0.3) is 0 Å². The molecule has 128 valence electrons. The van der Waals surface area contributed by atoms with Crippen LogP contribution in [0.5, 0.6) is 5.75 Å². The number of nitrogens with one attached hydrogen (secondary N) is 2. The minimum absolute atomic E-state index is 0.0422. The van der Waals surface area contributed by atoms with Crippen molar-refractivity contribution in [1.82, 2.24) is 5.32 Å². The molecule has 0 radical (unpaired) electrons. The normalized spacial score (nSPS) is 11.0. The molecule has 1 aromatic carbocycles. The molecule has 1 aromatic rings. The number of alkyl carbamates (subject to hydrolysis) is 1. The van der Waals surface area contributed by atoms with Gasteiger partial charge < -0.3 is 20.5 Å². The molecule has 1 rings (SSSR count). The smallest absolute Gasteiger partial charge is 0.407 e. The molecule has 0 aromatic heterocycles. The van der Waals surface area contributed by atoms with E-state index in [1.54, 1.807) is 39.0 Å². The van der Waals surface area contributed by atoms with Gasteiger partial charge in [-0.05, 0) is 45.4 Å². The Balaban J connectivity index is 2.22. The van der Waals surface area contributed by atoms with Crippen LogP contribution < -0.4 is 10.6 Å². The van der Waals surface area contributed by atoms with Gasteiger partial charge in [0, 0.05) is 12.3 Å². The van der Waals surface area contributed by atoms with Gasteiger partial charge in [0.2, 0.25) is 5.91 Å². The second kappa shape index (κ2) is 8.67. The summed E-state index contributed by atoms with van der Waals surface area (Å²) in [5, 5.41) is 14.9. The summed E-state index contributed by atoms with van der Waals surface area (Å²) in [6, 6.07) is 5.02. The third kappa shape index (κ3) is 8.35. The van der Waals surface area contributed by atoms with Crippen molar-refractivity contribution >= 4 is 29.4 Å². The molecule has 0 unspecified atom stereocenters. The van der Waals surface area contributed by atoms with Crippen molar-refractivity contribution in [3.05, 3.63) is 23.8 Å². The monoisotopic (exact) mass is 340 g/mol. The summed E-state index contributed by atoms with van der Waals surface area (Å²) in [5.74, 6) is 0.671. The van der Waals surface area contributed by atoms with Gasteiger partial charge in [0.25, 0.3) is 0 Å². The minimum Gasteiger partial charge on any atom is -0.506 e. The van der Waals surface area contributed by atoms with E-state index in [-0.39, 0.29) is 17.4 Å². The third-order valence-corrected chi connectivity index (χ3v) is 3.53. The summed E-state index contributed by atoms with van der Waals surface area (Å²) >= 11 is 1.39. The molecule has 0 aliphatic rings. The standard InChI is InChI=1S/C16H24N2O4S/c1-11-5-6-13(19)12(9-11)18-14(20)10-23-8-7-17-15(21)22-16(2,3)4/h5-6,9,19H,7-8,10H2,1-4H3,(H,17,21)(H,18,20). The van der Waals surface area contributed by atoms with E-state index in [2.05, 4.69) is 10.6 Å². The molecular formula is C16H24N2O4S. The van der Waals surface area contributed by atoms with E-state index in [9.17, 15) is 14.7 Å². The number of benzene rings is 1. The summed E-state index contributed by atoms with van der Waals surface area (Å²) in [6.07, 6.45) is -0.466. The van der Waals surface area contributed by atoms with Crippen LogP contribution in [0.4, 0.5) is 10.5 Å². The number of phenols is 1. The predicted molar refractivity (Wildman–Crippen MR) is 93.0 cm³/mol. The Morgan fingerprint density at radius 3 is 2.65 bits per heavy atom. The molecular weight excluding hydrogens is 316 g/mol. The number of hydrogen-bond donors (Lipinski definition) is 3. The first-order chi connectivity index (χ1) is 10.7. The van der Waals surface area contributed by atoms with Gasteiger partial charge in [0.15, 0.2) is 0 Å². The fourth-order valence-corrected chi connectivity index (χ4v) is 2.29. The van der Waals surface area contributed by atoms with Gasteiger partial charge in [0.1, 0.15) is 11.4 Å². The Morgan fingerprint density at radius 1 is 1.30 bits per heavy atom. The molecule has 0 fully saturated rings. The number of thioether (sulfide) groups is 1. The Hall–Kier alpha value is -1.89. The number of anilines is 1. The highest BCUT2D eigenvalue weighted by atomic mass is 32.2. The Morgan fingerprint density at radius 2 is 2.00 bits per heavy atom. The quantitative estimate of drug-likeness (QED) is 0.547. The topological polar surface area (TPSA) is 87.7 Å². The molecule has 0 bridgehead atoms. The van der Waals surface area contributed by atoms with Crippen LogP contribution in [0.15, 0.2) is 18.2 Å². The maximum atomic E-state index is 11.8. The molecule has 3 N–H and O–H groups in total. The van der Waals surface area contributed by atoms with Crippen LogP contribution in [0.3, 0.4) is 0 Å². The van der Waals surface area contributed by atoms with Crippen LogP contribution in [0.2, 0.25) is 0 Å². The number of amides is 2. The zero-order valence-corrected chi connectivity index (χ0v) is 14.8. The van der Waals surface area contributed by atoms with Crippen LogP contribution in [0, 0.1) is 6.92 Å². The average Bonchev–Trinajstić information content (AvgIpc) is 2.40. The van der Waals surface area contributed by atoms with Crippen molar-refractivity contribution in [3.8, 4) is 5.75 Å². The number of ether oxygens (including phenoxy) is 1.